The second kappa shape index (κ2) is 6.00. The van der Waals surface area contributed by atoms with E-state index >= 15 is 0 Å². The summed E-state index contributed by atoms with van der Waals surface area (Å²) >= 11 is 0. The molecule has 19 heavy (non-hydrogen) atoms. The molecule has 0 unspecified atom stereocenters. The van der Waals surface area contributed by atoms with E-state index in [1.54, 1.807) is 0 Å². The van der Waals surface area contributed by atoms with Crippen molar-refractivity contribution >= 4 is 0 Å². The molecular formula is C15H16O4. The molecule has 0 bridgehead atoms. The van der Waals surface area contributed by atoms with Crippen molar-refractivity contribution in [2.45, 2.75) is 12.8 Å². The number of ether oxygens (including phenoxy) is 1. The fourth-order valence-electron chi connectivity index (χ4n) is 1.79. The number of benzene rings is 2. The molecular weight excluding hydrogens is 244 g/mol. The first kappa shape index (κ1) is 13.1. The molecule has 0 saturated carbocycles. The number of rotatable bonds is 5. The summed E-state index contributed by atoms with van der Waals surface area (Å²) in [6.45, 7) is 0.548. The Kier molecular flexibility index (Phi) is 4.13. The summed E-state index contributed by atoms with van der Waals surface area (Å²) in [6, 6.07) is 12.4. The normalized spacial score (nSPS) is 10.3. The van der Waals surface area contributed by atoms with E-state index in [-0.39, 0.29) is 11.5 Å². The van der Waals surface area contributed by atoms with Crippen molar-refractivity contribution in [3.05, 3.63) is 48.0 Å². The first-order chi connectivity index (χ1) is 9.16. The Bertz CT molecular complexity index is 514. The van der Waals surface area contributed by atoms with Crippen LogP contribution in [0.25, 0.3) is 0 Å². The van der Waals surface area contributed by atoms with Crippen molar-refractivity contribution in [3.63, 3.8) is 0 Å². The van der Waals surface area contributed by atoms with Crippen LogP contribution in [0.5, 0.6) is 23.0 Å². The van der Waals surface area contributed by atoms with E-state index in [0.717, 1.165) is 17.7 Å². The van der Waals surface area contributed by atoms with Gasteiger partial charge in [0, 0.05) is 0 Å². The smallest absolute Gasteiger partial charge is 0.200 e. The molecule has 0 aliphatic rings. The predicted molar refractivity (Wildman–Crippen MR) is 71.7 cm³/mol. The number of hydrogen-bond donors (Lipinski definition) is 3. The van der Waals surface area contributed by atoms with E-state index in [4.69, 9.17) is 4.74 Å². The van der Waals surface area contributed by atoms with Gasteiger partial charge in [-0.2, -0.15) is 0 Å². The van der Waals surface area contributed by atoms with Crippen LogP contribution in [-0.4, -0.2) is 21.9 Å². The quantitative estimate of drug-likeness (QED) is 0.571. The first-order valence-electron chi connectivity index (χ1n) is 6.08. The number of para-hydroxylation sites is 1. The van der Waals surface area contributed by atoms with Gasteiger partial charge < -0.3 is 20.1 Å². The molecule has 2 aromatic rings. The number of phenolic OH excluding ortho intramolecular Hbond substituents is 3. The molecule has 0 aromatic heterocycles. The first-order valence-corrected chi connectivity index (χ1v) is 6.08. The Morgan fingerprint density at radius 3 is 2.16 bits per heavy atom. The summed E-state index contributed by atoms with van der Waals surface area (Å²) in [6.07, 6.45) is 1.40. The minimum absolute atomic E-state index is 0.307. The van der Waals surface area contributed by atoms with E-state index in [1.807, 2.05) is 30.3 Å². The van der Waals surface area contributed by atoms with Crippen LogP contribution < -0.4 is 4.74 Å². The number of phenols is 3. The Morgan fingerprint density at radius 2 is 1.53 bits per heavy atom. The highest BCUT2D eigenvalue weighted by Crippen LogP contribution is 2.35. The molecule has 100 valence electrons. The van der Waals surface area contributed by atoms with Gasteiger partial charge in [0.2, 0.25) is 0 Å². The van der Waals surface area contributed by atoms with Crippen LogP contribution in [0.3, 0.4) is 0 Å². The molecule has 0 heterocycles. The van der Waals surface area contributed by atoms with Crippen molar-refractivity contribution in [3.8, 4) is 23.0 Å². The maximum absolute atomic E-state index is 9.37. The Balaban J connectivity index is 1.83. The van der Waals surface area contributed by atoms with Crippen molar-refractivity contribution in [2.75, 3.05) is 6.61 Å². The van der Waals surface area contributed by atoms with Crippen molar-refractivity contribution in [1.82, 2.24) is 0 Å². The molecule has 2 aromatic carbocycles. The highest BCUT2D eigenvalue weighted by atomic mass is 16.5. The van der Waals surface area contributed by atoms with Gasteiger partial charge in [0.15, 0.2) is 17.2 Å². The summed E-state index contributed by atoms with van der Waals surface area (Å²) in [5.41, 5.74) is 0.754. The van der Waals surface area contributed by atoms with Gasteiger partial charge in [-0.15, -0.1) is 0 Å². The Morgan fingerprint density at radius 1 is 0.895 bits per heavy atom. The third-order valence-electron chi connectivity index (χ3n) is 2.75. The van der Waals surface area contributed by atoms with Gasteiger partial charge in [-0.25, -0.2) is 0 Å². The minimum atomic E-state index is -0.482. The zero-order chi connectivity index (χ0) is 13.7. The van der Waals surface area contributed by atoms with Crippen LogP contribution in [0.4, 0.5) is 0 Å². The molecule has 0 spiro atoms. The van der Waals surface area contributed by atoms with Crippen LogP contribution in [-0.2, 0) is 6.42 Å². The second-order valence-corrected chi connectivity index (χ2v) is 4.25. The molecule has 0 radical (unpaired) electrons. The topological polar surface area (TPSA) is 69.9 Å². The zero-order valence-electron chi connectivity index (χ0n) is 10.4. The number of aryl methyl sites for hydroxylation is 1. The van der Waals surface area contributed by atoms with E-state index in [9.17, 15) is 15.3 Å². The molecule has 0 fully saturated rings. The third kappa shape index (κ3) is 3.55. The molecule has 0 amide bonds. The lowest BCUT2D eigenvalue weighted by molar-refractivity contribution is 0.310. The minimum Gasteiger partial charge on any atom is -0.504 e. The Labute approximate surface area is 111 Å². The summed E-state index contributed by atoms with van der Waals surface area (Å²) < 4.78 is 5.54. The average molecular weight is 260 g/mol. The van der Waals surface area contributed by atoms with Crippen molar-refractivity contribution in [1.29, 1.82) is 0 Å². The summed E-state index contributed by atoms with van der Waals surface area (Å²) in [7, 11) is 0. The lowest BCUT2D eigenvalue weighted by Gasteiger charge is -2.07. The predicted octanol–water partition coefficient (Wildman–Crippen LogP) is 2.82. The zero-order valence-corrected chi connectivity index (χ0v) is 10.4. The average Bonchev–Trinajstić information content (AvgIpc) is 2.42. The van der Waals surface area contributed by atoms with E-state index < -0.39 is 5.75 Å². The molecule has 3 N–H and O–H groups in total. The molecule has 0 aliphatic carbocycles. The van der Waals surface area contributed by atoms with Crippen LogP contribution in [0.2, 0.25) is 0 Å². The maximum atomic E-state index is 9.37. The second-order valence-electron chi connectivity index (χ2n) is 4.25. The highest BCUT2D eigenvalue weighted by molar-refractivity contribution is 5.51. The number of aromatic hydroxyl groups is 3. The van der Waals surface area contributed by atoms with Gasteiger partial charge in [-0.05, 0) is 42.7 Å². The SMILES string of the molecule is Oc1cc(CCCOc2ccccc2)cc(O)c1O. The van der Waals surface area contributed by atoms with Gasteiger partial charge in [0.05, 0.1) is 6.61 Å². The van der Waals surface area contributed by atoms with Crippen molar-refractivity contribution in [2.24, 2.45) is 0 Å². The van der Waals surface area contributed by atoms with Crippen LogP contribution >= 0.6 is 0 Å². The van der Waals surface area contributed by atoms with Crippen LogP contribution in [0.1, 0.15) is 12.0 Å². The van der Waals surface area contributed by atoms with Gasteiger partial charge in [-0.3, -0.25) is 0 Å². The number of hydrogen-bond acceptors (Lipinski definition) is 4. The monoisotopic (exact) mass is 260 g/mol. The van der Waals surface area contributed by atoms with E-state index in [1.165, 1.54) is 12.1 Å². The fourth-order valence-corrected chi connectivity index (χ4v) is 1.79. The molecule has 0 aliphatic heterocycles. The van der Waals surface area contributed by atoms with Gasteiger partial charge in [-0.1, -0.05) is 18.2 Å². The van der Waals surface area contributed by atoms with Crippen LogP contribution in [0, 0.1) is 0 Å². The lowest BCUT2D eigenvalue weighted by Crippen LogP contribution is -1.99. The maximum Gasteiger partial charge on any atom is 0.200 e. The van der Waals surface area contributed by atoms with Crippen LogP contribution in [0.15, 0.2) is 42.5 Å². The largest absolute Gasteiger partial charge is 0.504 e. The summed E-state index contributed by atoms with van der Waals surface area (Å²) in [5.74, 6) is -0.277. The Hall–Kier alpha value is -2.36. The molecule has 4 nitrogen and oxygen atoms in total. The summed E-state index contributed by atoms with van der Waals surface area (Å²) in [5, 5.41) is 28.0. The third-order valence-corrected chi connectivity index (χ3v) is 2.75. The van der Waals surface area contributed by atoms with Gasteiger partial charge in [0.25, 0.3) is 0 Å². The molecule has 4 heteroatoms. The van der Waals surface area contributed by atoms with Crippen molar-refractivity contribution < 1.29 is 20.1 Å². The van der Waals surface area contributed by atoms with E-state index in [0.29, 0.717) is 13.0 Å². The summed E-state index contributed by atoms with van der Waals surface area (Å²) in [4.78, 5) is 0. The molecule has 0 atom stereocenters. The lowest BCUT2D eigenvalue weighted by atomic mass is 10.1. The fraction of sp³-hybridized carbons (Fsp3) is 0.200. The molecule has 0 saturated heterocycles. The van der Waals surface area contributed by atoms with E-state index in [2.05, 4.69) is 0 Å². The standard InChI is InChI=1S/C15H16O4/c16-13-9-11(10-14(17)15(13)18)5-4-8-19-12-6-2-1-3-7-12/h1-3,6-7,9-10,16-18H,4-5,8H2. The van der Waals surface area contributed by atoms with Gasteiger partial charge >= 0.3 is 0 Å². The highest BCUT2D eigenvalue weighted by Gasteiger charge is 2.07. The molecule has 2 rings (SSSR count). The van der Waals surface area contributed by atoms with Gasteiger partial charge in [0.1, 0.15) is 5.75 Å².